The molecule has 0 saturated carbocycles. The van der Waals surface area contributed by atoms with Gasteiger partial charge in [-0.3, -0.25) is 4.79 Å². The monoisotopic (exact) mass is 332 g/mol. The molecule has 0 spiro atoms. The Labute approximate surface area is 139 Å². The van der Waals surface area contributed by atoms with E-state index < -0.39 is 0 Å². The average molecular weight is 332 g/mol. The molecule has 0 aliphatic rings. The smallest absolute Gasteiger partial charge is 0.163 e. The molecule has 0 atom stereocenters. The summed E-state index contributed by atoms with van der Waals surface area (Å²) in [7, 11) is 0. The van der Waals surface area contributed by atoms with Crippen LogP contribution in [0.1, 0.15) is 35.7 Å². The van der Waals surface area contributed by atoms with Crippen molar-refractivity contribution in [3.8, 4) is 28.7 Å². The van der Waals surface area contributed by atoms with Gasteiger partial charge in [0.05, 0.1) is 6.61 Å². The molecule has 0 fully saturated rings. The van der Waals surface area contributed by atoms with Crippen LogP contribution in [0, 0.1) is 0 Å². The number of aromatic hydroxyl groups is 4. The Kier molecular flexibility index (Phi) is 5.52. The number of hydrogen-bond donors (Lipinski definition) is 4. The van der Waals surface area contributed by atoms with Crippen LogP contribution in [0.25, 0.3) is 0 Å². The number of phenols is 4. The van der Waals surface area contributed by atoms with Crippen molar-refractivity contribution in [3.05, 3.63) is 41.5 Å². The molecular formula is C18H20O6. The molecular weight excluding hydrogens is 312 g/mol. The Morgan fingerprint density at radius 3 is 2.25 bits per heavy atom. The summed E-state index contributed by atoms with van der Waals surface area (Å²) in [6.07, 6.45) is 0.936. The van der Waals surface area contributed by atoms with Crippen molar-refractivity contribution in [3.63, 3.8) is 0 Å². The first-order valence-electron chi connectivity index (χ1n) is 7.65. The molecule has 6 nitrogen and oxygen atoms in total. The van der Waals surface area contributed by atoms with Crippen LogP contribution in [-0.2, 0) is 6.42 Å². The predicted molar refractivity (Wildman–Crippen MR) is 88.0 cm³/mol. The summed E-state index contributed by atoms with van der Waals surface area (Å²) < 4.78 is 5.34. The quantitative estimate of drug-likeness (QED) is 0.580. The van der Waals surface area contributed by atoms with Crippen LogP contribution in [0.3, 0.4) is 0 Å². The van der Waals surface area contributed by atoms with E-state index in [2.05, 4.69) is 0 Å². The minimum absolute atomic E-state index is 0.0283. The molecule has 4 N–H and O–H groups in total. The molecule has 0 bridgehead atoms. The Balaban J connectivity index is 2.07. The fourth-order valence-electron chi connectivity index (χ4n) is 2.29. The van der Waals surface area contributed by atoms with Gasteiger partial charge in [-0.25, -0.2) is 0 Å². The summed E-state index contributed by atoms with van der Waals surface area (Å²) in [6, 6.07) is 6.64. The lowest BCUT2D eigenvalue weighted by molar-refractivity contribution is 0.0982. The number of Topliss-reactive ketones (excluding diaryl/α,β-unsaturated/α-hetero) is 1. The zero-order chi connectivity index (χ0) is 17.7. The van der Waals surface area contributed by atoms with Crippen LogP contribution in [-0.4, -0.2) is 32.8 Å². The summed E-state index contributed by atoms with van der Waals surface area (Å²) in [4.78, 5) is 12.2. The van der Waals surface area contributed by atoms with Gasteiger partial charge < -0.3 is 25.2 Å². The molecule has 6 heteroatoms. The molecule has 0 aliphatic carbocycles. The normalized spacial score (nSPS) is 10.5. The summed E-state index contributed by atoms with van der Waals surface area (Å²) in [5.74, 6) is -0.836. The van der Waals surface area contributed by atoms with Gasteiger partial charge in [-0.05, 0) is 31.0 Å². The average Bonchev–Trinajstić information content (AvgIpc) is 2.52. The molecule has 0 aliphatic heterocycles. The standard InChI is InChI=1S/C18H20O6/c1-2-7-24-18-6-3-11(8-17(18)23)14(20)5-4-13-15(21)9-12(19)10-16(13)22/h3,6,8-10,19,21-23H,2,4-5,7H2,1H3. The van der Waals surface area contributed by atoms with Gasteiger partial charge >= 0.3 is 0 Å². The van der Waals surface area contributed by atoms with Crippen molar-refractivity contribution < 1.29 is 30.0 Å². The number of hydrogen-bond acceptors (Lipinski definition) is 6. The SMILES string of the molecule is CCCOc1ccc(C(=O)CCc2c(O)cc(O)cc2O)cc1O. The number of phenolic OH excluding ortho intramolecular Hbond substituents is 4. The first kappa shape index (κ1) is 17.5. The number of carbonyl (C=O) groups is 1. The van der Waals surface area contributed by atoms with E-state index in [-0.39, 0.29) is 47.2 Å². The molecule has 0 saturated heterocycles. The predicted octanol–water partition coefficient (Wildman–Crippen LogP) is 3.11. The second-order valence-corrected chi connectivity index (χ2v) is 5.42. The Hall–Kier alpha value is -2.89. The first-order chi connectivity index (χ1) is 11.4. The largest absolute Gasteiger partial charge is 0.508 e. The first-order valence-corrected chi connectivity index (χ1v) is 7.65. The van der Waals surface area contributed by atoms with Gasteiger partial charge in [-0.15, -0.1) is 0 Å². The molecule has 2 aromatic rings. The Morgan fingerprint density at radius 2 is 1.67 bits per heavy atom. The highest BCUT2D eigenvalue weighted by atomic mass is 16.5. The lowest BCUT2D eigenvalue weighted by Crippen LogP contribution is -2.02. The van der Waals surface area contributed by atoms with Crippen LogP contribution >= 0.6 is 0 Å². The molecule has 24 heavy (non-hydrogen) atoms. The van der Waals surface area contributed by atoms with Gasteiger partial charge in [0.1, 0.15) is 17.2 Å². The van der Waals surface area contributed by atoms with Crippen molar-refractivity contribution in [2.75, 3.05) is 6.61 Å². The maximum Gasteiger partial charge on any atom is 0.163 e. The molecule has 2 aromatic carbocycles. The number of ether oxygens (including phenoxy) is 1. The van der Waals surface area contributed by atoms with E-state index in [1.807, 2.05) is 6.92 Å². The molecule has 128 valence electrons. The highest BCUT2D eigenvalue weighted by Gasteiger charge is 2.14. The van der Waals surface area contributed by atoms with E-state index in [0.29, 0.717) is 17.9 Å². The van der Waals surface area contributed by atoms with Crippen molar-refractivity contribution in [1.82, 2.24) is 0 Å². The summed E-state index contributed by atoms with van der Waals surface area (Å²) >= 11 is 0. The maximum absolute atomic E-state index is 12.2. The van der Waals surface area contributed by atoms with Crippen LogP contribution in [0.4, 0.5) is 0 Å². The van der Waals surface area contributed by atoms with Crippen molar-refractivity contribution in [2.24, 2.45) is 0 Å². The molecule has 0 aromatic heterocycles. The topological polar surface area (TPSA) is 107 Å². The van der Waals surface area contributed by atoms with Gasteiger partial charge in [0.15, 0.2) is 17.3 Å². The van der Waals surface area contributed by atoms with E-state index >= 15 is 0 Å². The van der Waals surface area contributed by atoms with Crippen molar-refractivity contribution in [2.45, 2.75) is 26.2 Å². The number of ketones is 1. The van der Waals surface area contributed by atoms with Crippen molar-refractivity contribution in [1.29, 1.82) is 0 Å². The van der Waals surface area contributed by atoms with Gasteiger partial charge in [0, 0.05) is 29.7 Å². The summed E-state index contributed by atoms with van der Waals surface area (Å²) in [5, 5.41) is 38.6. The Bertz CT molecular complexity index is 715. The lowest BCUT2D eigenvalue weighted by Gasteiger charge is -2.09. The zero-order valence-corrected chi connectivity index (χ0v) is 13.3. The van der Waals surface area contributed by atoms with E-state index in [4.69, 9.17) is 4.74 Å². The summed E-state index contributed by atoms with van der Waals surface area (Å²) in [6.45, 7) is 2.42. The van der Waals surface area contributed by atoms with E-state index in [1.54, 1.807) is 6.07 Å². The van der Waals surface area contributed by atoms with Crippen molar-refractivity contribution >= 4 is 5.78 Å². The zero-order valence-electron chi connectivity index (χ0n) is 13.3. The number of carbonyl (C=O) groups excluding carboxylic acids is 1. The molecule has 0 heterocycles. The Morgan fingerprint density at radius 1 is 1.00 bits per heavy atom. The highest BCUT2D eigenvalue weighted by Crippen LogP contribution is 2.33. The van der Waals surface area contributed by atoms with Crippen LogP contribution < -0.4 is 4.74 Å². The minimum Gasteiger partial charge on any atom is -0.508 e. The van der Waals surface area contributed by atoms with Crippen LogP contribution in [0.2, 0.25) is 0 Å². The lowest BCUT2D eigenvalue weighted by atomic mass is 10.0. The molecule has 2 rings (SSSR count). The molecule has 0 unspecified atom stereocenters. The molecule has 0 radical (unpaired) electrons. The number of benzene rings is 2. The fraction of sp³-hybridized carbons (Fsp3) is 0.278. The van der Waals surface area contributed by atoms with Gasteiger partial charge in [-0.2, -0.15) is 0 Å². The van der Waals surface area contributed by atoms with E-state index in [0.717, 1.165) is 18.6 Å². The highest BCUT2D eigenvalue weighted by molar-refractivity contribution is 5.96. The summed E-state index contributed by atoms with van der Waals surface area (Å²) in [5.41, 5.74) is 0.502. The van der Waals surface area contributed by atoms with Crippen LogP contribution in [0.5, 0.6) is 28.7 Å². The van der Waals surface area contributed by atoms with E-state index in [9.17, 15) is 25.2 Å². The second kappa shape index (κ2) is 7.59. The van der Waals surface area contributed by atoms with Gasteiger partial charge in [0.25, 0.3) is 0 Å². The van der Waals surface area contributed by atoms with E-state index in [1.165, 1.54) is 12.1 Å². The minimum atomic E-state index is -0.272. The third kappa shape index (κ3) is 4.10. The van der Waals surface area contributed by atoms with Crippen LogP contribution in [0.15, 0.2) is 30.3 Å². The van der Waals surface area contributed by atoms with Gasteiger partial charge in [0.2, 0.25) is 0 Å². The third-order valence-corrected chi connectivity index (χ3v) is 3.53. The second-order valence-electron chi connectivity index (χ2n) is 5.42. The third-order valence-electron chi connectivity index (χ3n) is 3.53. The molecule has 0 amide bonds. The maximum atomic E-state index is 12.2. The fourth-order valence-corrected chi connectivity index (χ4v) is 2.29. The van der Waals surface area contributed by atoms with Gasteiger partial charge in [-0.1, -0.05) is 6.92 Å². The number of rotatable bonds is 7.